The molecular formula is C13H16ClN3O3. The molecular weight excluding hydrogens is 282 g/mol. The van der Waals surface area contributed by atoms with Gasteiger partial charge in [0.15, 0.2) is 0 Å². The number of halogens is 1. The van der Waals surface area contributed by atoms with Gasteiger partial charge in [0.05, 0.1) is 10.7 Å². The Hall–Kier alpha value is -1.79. The number of carbonyl (C=O) groups is 2. The fourth-order valence-electron chi connectivity index (χ4n) is 2.05. The zero-order valence-corrected chi connectivity index (χ0v) is 11.9. The Balaban J connectivity index is 2.12. The minimum atomic E-state index is -1.16. The van der Waals surface area contributed by atoms with Gasteiger partial charge in [0.25, 0.3) is 0 Å². The van der Waals surface area contributed by atoms with E-state index in [9.17, 15) is 9.59 Å². The number of carboxylic acids is 1. The minimum absolute atomic E-state index is 0.0864. The number of anilines is 1. The maximum Gasteiger partial charge on any atom is 0.339 e. The van der Waals surface area contributed by atoms with Gasteiger partial charge in [0, 0.05) is 26.2 Å². The number of urea groups is 1. The third kappa shape index (κ3) is 3.20. The molecule has 1 aromatic rings. The van der Waals surface area contributed by atoms with Crippen molar-refractivity contribution < 1.29 is 14.7 Å². The highest BCUT2D eigenvalue weighted by Crippen LogP contribution is 2.24. The summed E-state index contributed by atoms with van der Waals surface area (Å²) in [5.41, 5.74) is 0.130. The molecule has 2 amide bonds. The van der Waals surface area contributed by atoms with Gasteiger partial charge in [0.1, 0.15) is 5.56 Å². The third-order valence-corrected chi connectivity index (χ3v) is 3.57. The summed E-state index contributed by atoms with van der Waals surface area (Å²) in [6.45, 7) is 2.83. The minimum Gasteiger partial charge on any atom is -0.478 e. The zero-order chi connectivity index (χ0) is 14.7. The summed E-state index contributed by atoms with van der Waals surface area (Å²) in [6, 6.07) is 4.32. The number of rotatable bonds is 2. The summed E-state index contributed by atoms with van der Waals surface area (Å²) >= 11 is 5.86. The molecule has 0 spiro atoms. The van der Waals surface area contributed by atoms with Crippen LogP contribution < -0.4 is 5.32 Å². The molecule has 1 aliphatic heterocycles. The average molecular weight is 298 g/mol. The number of nitrogens with zero attached hydrogens (tertiary/aromatic N) is 2. The molecule has 1 saturated heterocycles. The number of carboxylic acid groups (broad SMARTS) is 1. The molecule has 2 N–H and O–H groups in total. The van der Waals surface area contributed by atoms with Gasteiger partial charge in [-0.2, -0.15) is 0 Å². The van der Waals surface area contributed by atoms with Crippen LogP contribution in [0.15, 0.2) is 18.2 Å². The summed E-state index contributed by atoms with van der Waals surface area (Å²) in [5, 5.41) is 11.9. The van der Waals surface area contributed by atoms with E-state index in [1.165, 1.54) is 12.1 Å². The summed E-state index contributed by atoms with van der Waals surface area (Å²) in [6.07, 6.45) is 0. The van der Waals surface area contributed by atoms with Gasteiger partial charge in [-0.1, -0.05) is 17.7 Å². The highest BCUT2D eigenvalue weighted by atomic mass is 35.5. The van der Waals surface area contributed by atoms with Crippen molar-refractivity contribution in [1.82, 2.24) is 9.80 Å². The van der Waals surface area contributed by atoms with Crippen LogP contribution in [0.3, 0.4) is 0 Å². The molecule has 1 aliphatic rings. The van der Waals surface area contributed by atoms with Crippen molar-refractivity contribution >= 4 is 29.3 Å². The van der Waals surface area contributed by atoms with Crippen LogP contribution in [0.2, 0.25) is 5.02 Å². The standard InChI is InChI=1S/C13H16ClN3O3/c1-16-5-7-17(8-6-16)13(20)15-10-4-2-3-9(14)11(10)12(18)19/h2-4H,5-8H2,1H3,(H,15,20)(H,18,19). The second-order valence-corrected chi connectivity index (χ2v) is 5.10. The summed E-state index contributed by atoms with van der Waals surface area (Å²) < 4.78 is 0. The Morgan fingerprint density at radius 3 is 2.50 bits per heavy atom. The predicted molar refractivity (Wildman–Crippen MR) is 76.5 cm³/mol. The Bertz CT molecular complexity index is 528. The van der Waals surface area contributed by atoms with Gasteiger partial charge in [-0.05, 0) is 19.2 Å². The molecule has 0 unspecified atom stereocenters. The monoisotopic (exact) mass is 297 g/mol. The second kappa shape index (κ2) is 6.11. The van der Waals surface area contributed by atoms with Gasteiger partial charge in [-0.15, -0.1) is 0 Å². The Kier molecular flexibility index (Phi) is 4.46. The molecule has 1 aromatic carbocycles. The van der Waals surface area contributed by atoms with E-state index < -0.39 is 5.97 Å². The van der Waals surface area contributed by atoms with Crippen LogP contribution in [-0.4, -0.2) is 60.1 Å². The highest BCUT2D eigenvalue weighted by molar-refractivity contribution is 6.34. The fraction of sp³-hybridized carbons (Fsp3) is 0.385. The molecule has 1 fully saturated rings. The van der Waals surface area contributed by atoms with Crippen LogP contribution in [0, 0.1) is 0 Å². The predicted octanol–water partition coefficient (Wildman–Crippen LogP) is 1.82. The number of likely N-dealkylation sites (N-methyl/N-ethyl adjacent to an activating group) is 1. The fourth-order valence-corrected chi connectivity index (χ4v) is 2.30. The van der Waals surface area contributed by atoms with Crippen molar-refractivity contribution in [1.29, 1.82) is 0 Å². The van der Waals surface area contributed by atoms with E-state index in [0.717, 1.165) is 13.1 Å². The molecule has 0 saturated carbocycles. The van der Waals surface area contributed by atoms with Crippen molar-refractivity contribution in [2.75, 3.05) is 38.5 Å². The van der Waals surface area contributed by atoms with Gasteiger partial charge < -0.3 is 20.2 Å². The van der Waals surface area contributed by atoms with Crippen LogP contribution in [0.1, 0.15) is 10.4 Å². The molecule has 0 bridgehead atoms. The molecule has 0 aromatic heterocycles. The van der Waals surface area contributed by atoms with Crippen LogP contribution in [0.5, 0.6) is 0 Å². The quantitative estimate of drug-likeness (QED) is 0.873. The van der Waals surface area contributed by atoms with Crippen molar-refractivity contribution in [3.05, 3.63) is 28.8 Å². The Morgan fingerprint density at radius 1 is 1.25 bits per heavy atom. The van der Waals surface area contributed by atoms with Crippen molar-refractivity contribution in [2.24, 2.45) is 0 Å². The number of nitrogens with one attached hydrogen (secondary N) is 1. The molecule has 2 rings (SSSR count). The SMILES string of the molecule is CN1CCN(C(=O)Nc2cccc(Cl)c2C(=O)O)CC1. The topological polar surface area (TPSA) is 72.9 Å². The van der Waals surface area contributed by atoms with Gasteiger partial charge >= 0.3 is 12.0 Å². The lowest BCUT2D eigenvalue weighted by Crippen LogP contribution is -2.48. The van der Waals surface area contributed by atoms with Gasteiger partial charge in [0.2, 0.25) is 0 Å². The van der Waals surface area contributed by atoms with E-state index in [-0.39, 0.29) is 22.3 Å². The second-order valence-electron chi connectivity index (χ2n) is 4.69. The van der Waals surface area contributed by atoms with Crippen LogP contribution in [0.4, 0.5) is 10.5 Å². The normalized spacial score (nSPS) is 16.0. The molecule has 0 aliphatic carbocycles. The van der Waals surface area contributed by atoms with Gasteiger partial charge in [-0.3, -0.25) is 0 Å². The number of benzene rings is 1. The molecule has 0 radical (unpaired) electrons. The highest BCUT2D eigenvalue weighted by Gasteiger charge is 2.21. The summed E-state index contributed by atoms with van der Waals surface area (Å²) in [4.78, 5) is 27.1. The number of aromatic carboxylic acids is 1. The molecule has 20 heavy (non-hydrogen) atoms. The van der Waals surface area contributed by atoms with Gasteiger partial charge in [-0.25, -0.2) is 9.59 Å². The summed E-state index contributed by atoms with van der Waals surface area (Å²) in [7, 11) is 1.99. The first-order chi connectivity index (χ1) is 9.49. The molecule has 0 atom stereocenters. The van der Waals surface area contributed by atoms with Crippen molar-refractivity contribution in [3.63, 3.8) is 0 Å². The van der Waals surface area contributed by atoms with E-state index in [1.807, 2.05) is 7.05 Å². The number of carbonyl (C=O) groups excluding carboxylic acids is 1. The Labute approximate surface area is 121 Å². The number of hydrogen-bond acceptors (Lipinski definition) is 3. The van der Waals surface area contributed by atoms with Crippen molar-refractivity contribution in [3.8, 4) is 0 Å². The van der Waals surface area contributed by atoms with E-state index in [0.29, 0.717) is 13.1 Å². The summed E-state index contributed by atoms with van der Waals surface area (Å²) in [5.74, 6) is -1.16. The van der Waals surface area contributed by atoms with E-state index >= 15 is 0 Å². The molecule has 108 valence electrons. The first-order valence-corrected chi connectivity index (χ1v) is 6.63. The smallest absolute Gasteiger partial charge is 0.339 e. The van der Waals surface area contributed by atoms with Crippen LogP contribution in [-0.2, 0) is 0 Å². The first-order valence-electron chi connectivity index (χ1n) is 6.25. The van der Waals surface area contributed by atoms with E-state index in [2.05, 4.69) is 10.2 Å². The third-order valence-electron chi connectivity index (χ3n) is 3.26. The maximum atomic E-state index is 12.1. The van der Waals surface area contributed by atoms with Crippen LogP contribution in [0.25, 0.3) is 0 Å². The molecule has 1 heterocycles. The first kappa shape index (κ1) is 14.6. The number of hydrogen-bond donors (Lipinski definition) is 2. The lowest BCUT2D eigenvalue weighted by molar-refractivity contribution is 0.0698. The molecule has 7 heteroatoms. The maximum absolute atomic E-state index is 12.1. The lowest BCUT2D eigenvalue weighted by Gasteiger charge is -2.32. The zero-order valence-electron chi connectivity index (χ0n) is 11.1. The largest absolute Gasteiger partial charge is 0.478 e. The number of piperazine rings is 1. The lowest BCUT2D eigenvalue weighted by atomic mass is 10.2. The van der Waals surface area contributed by atoms with E-state index in [4.69, 9.17) is 16.7 Å². The van der Waals surface area contributed by atoms with E-state index in [1.54, 1.807) is 11.0 Å². The Morgan fingerprint density at radius 2 is 1.90 bits per heavy atom. The van der Waals surface area contributed by atoms with Crippen molar-refractivity contribution in [2.45, 2.75) is 0 Å². The van der Waals surface area contributed by atoms with Crippen LogP contribution >= 0.6 is 11.6 Å². The average Bonchev–Trinajstić information content (AvgIpc) is 2.39. The molecule has 6 nitrogen and oxygen atoms in total. The number of amides is 2.